The van der Waals surface area contributed by atoms with Crippen molar-refractivity contribution in [1.29, 1.82) is 0 Å². The molecule has 0 aliphatic heterocycles. The summed E-state index contributed by atoms with van der Waals surface area (Å²) < 4.78 is 0. The first-order valence-corrected chi connectivity index (χ1v) is 6.23. The molecule has 0 fully saturated rings. The Hall–Kier alpha value is -1.81. The van der Waals surface area contributed by atoms with Crippen LogP contribution in [0, 0.1) is 0 Å². The number of nitrogens with zero attached hydrogens (tertiary/aromatic N) is 1. The summed E-state index contributed by atoms with van der Waals surface area (Å²) in [5.41, 5.74) is 1.05. The van der Waals surface area contributed by atoms with Gasteiger partial charge in [0.15, 0.2) is 5.16 Å². The maximum atomic E-state index is 11.0. The molecule has 1 heterocycles. The van der Waals surface area contributed by atoms with Crippen molar-refractivity contribution in [2.24, 2.45) is 0 Å². The standard InChI is InChI=1S/C13H12N2OS/c16-12-8-9-14-13(15-12)17-10-4-7-11-5-2-1-3-6-11/h1-9H,10H2,(H,14,15,16). The minimum absolute atomic E-state index is 0.116. The Morgan fingerprint density at radius 1 is 1.24 bits per heavy atom. The van der Waals surface area contributed by atoms with Crippen LogP contribution < -0.4 is 5.56 Å². The van der Waals surface area contributed by atoms with E-state index in [4.69, 9.17) is 0 Å². The molecule has 0 amide bonds. The minimum atomic E-state index is -0.116. The summed E-state index contributed by atoms with van der Waals surface area (Å²) in [7, 11) is 0. The van der Waals surface area contributed by atoms with Crippen molar-refractivity contribution >= 4 is 17.8 Å². The number of aromatic amines is 1. The number of hydrogen-bond acceptors (Lipinski definition) is 3. The van der Waals surface area contributed by atoms with E-state index in [2.05, 4.69) is 9.97 Å². The van der Waals surface area contributed by atoms with Crippen molar-refractivity contribution in [3.63, 3.8) is 0 Å². The van der Waals surface area contributed by atoms with Gasteiger partial charge in [-0.25, -0.2) is 4.98 Å². The van der Waals surface area contributed by atoms with Crippen LogP contribution in [0.5, 0.6) is 0 Å². The Morgan fingerprint density at radius 2 is 2.06 bits per heavy atom. The average Bonchev–Trinajstić information content (AvgIpc) is 2.36. The largest absolute Gasteiger partial charge is 0.301 e. The Morgan fingerprint density at radius 3 is 2.82 bits per heavy atom. The van der Waals surface area contributed by atoms with Crippen molar-refractivity contribution in [2.75, 3.05) is 5.75 Å². The molecule has 2 aromatic rings. The maximum absolute atomic E-state index is 11.0. The number of hydrogen-bond donors (Lipinski definition) is 1. The first kappa shape index (κ1) is 11.7. The van der Waals surface area contributed by atoms with Crippen LogP contribution in [0.4, 0.5) is 0 Å². The quantitative estimate of drug-likeness (QED) is 0.664. The van der Waals surface area contributed by atoms with Gasteiger partial charge in [0.05, 0.1) is 0 Å². The summed E-state index contributed by atoms with van der Waals surface area (Å²) in [6.07, 6.45) is 5.61. The van der Waals surface area contributed by atoms with Gasteiger partial charge in [-0.2, -0.15) is 0 Å². The predicted octanol–water partition coefficient (Wildman–Crippen LogP) is 2.58. The second kappa shape index (κ2) is 6.06. The Balaban J connectivity index is 1.88. The highest BCUT2D eigenvalue weighted by Crippen LogP contribution is 2.11. The summed E-state index contributed by atoms with van der Waals surface area (Å²) >= 11 is 1.50. The van der Waals surface area contributed by atoms with Crippen molar-refractivity contribution < 1.29 is 0 Å². The van der Waals surface area contributed by atoms with E-state index in [9.17, 15) is 4.79 Å². The molecule has 0 bridgehead atoms. The molecule has 0 saturated carbocycles. The van der Waals surface area contributed by atoms with Gasteiger partial charge in [0.1, 0.15) is 0 Å². The maximum Gasteiger partial charge on any atom is 0.251 e. The number of aromatic nitrogens is 2. The molecular weight excluding hydrogens is 232 g/mol. The zero-order chi connectivity index (χ0) is 11.9. The SMILES string of the molecule is O=c1ccnc(SCC=Cc2ccccc2)[nH]1. The number of nitrogens with one attached hydrogen (secondary N) is 1. The van der Waals surface area contributed by atoms with Gasteiger partial charge < -0.3 is 4.98 Å². The highest BCUT2D eigenvalue weighted by molar-refractivity contribution is 7.99. The highest BCUT2D eigenvalue weighted by atomic mass is 32.2. The summed E-state index contributed by atoms with van der Waals surface area (Å²) in [4.78, 5) is 17.7. The molecule has 0 radical (unpaired) electrons. The molecule has 86 valence electrons. The minimum Gasteiger partial charge on any atom is -0.301 e. The van der Waals surface area contributed by atoms with Crippen LogP contribution in [0.2, 0.25) is 0 Å². The average molecular weight is 244 g/mol. The molecule has 0 atom stereocenters. The van der Waals surface area contributed by atoms with Gasteiger partial charge in [-0.3, -0.25) is 4.79 Å². The van der Waals surface area contributed by atoms with Gasteiger partial charge in [0.25, 0.3) is 5.56 Å². The molecule has 0 spiro atoms. The third kappa shape index (κ3) is 3.92. The lowest BCUT2D eigenvalue weighted by molar-refractivity contribution is 0.938. The van der Waals surface area contributed by atoms with E-state index < -0.39 is 0 Å². The van der Waals surface area contributed by atoms with Gasteiger partial charge >= 0.3 is 0 Å². The molecule has 0 aliphatic carbocycles. The van der Waals surface area contributed by atoms with E-state index >= 15 is 0 Å². The second-order valence-electron chi connectivity index (χ2n) is 3.36. The van der Waals surface area contributed by atoms with E-state index in [1.54, 1.807) is 0 Å². The third-order valence-corrected chi connectivity index (χ3v) is 2.91. The number of thioether (sulfide) groups is 1. The molecule has 17 heavy (non-hydrogen) atoms. The van der Waals surface area contributed by atoms with Gasteiger partial charge in [0.2, 0.25) is 0 Å². The summed E-state index contributed by atoms with van der Waals surface area (Å²) in [6, 6.07) is 11.5. The molecule has 0 unspecified atom stereocenters. The first-order chi connectivity index (χ1) is 8.34. The second-order valence-corrected chi connectivity index (χ2v) is 4.37. The lowest BCUT2D eigenvalue weighted by Crippen LogP contribution is -2.05. The van der Waals surface area contributed by atoms with E-state index in [-0.39, 0.29) is 5.56 Å². The number of rotatable bonds is 4. The van der Waals surface area contributed by atoms with Crippen molar-refractivity contribution in [1.82, 2.24) is 9.97 Å². The normalized spacial score (nSPS) is 10.8. The summed E-state index contributed by atoms with van der Waals surface area (Å²) in [5, 5.41) is 0.648. The third-order valence-electron chi connectivity index (χ3n) is 2.07. The lowest BCUT2D eigenvalue weighted by atomic mass is 10.2. The lowest BCUT2D eigenvalue weighted by Gasteiger charge is -1.95. The van der Waals surface area contributed by atoms with Gasteiger partial charge in [0, 0.05) is 18.0 Å². The molecule has 3 nitrogen and oxygen atoms in total. The van der Waals surface area contributed by atoms with E-state index in [1.165, 1.54) is 29.6 Å². The molecule has 0 saturated heterocycles. The van der Waals surface area contributed by atoms with Crippen LogP contribution in [-0.2, 0) is 0 Å². The molecule has 1 aromatic carbocycles. The fourth-order valence-electron chi connectivity index (χ4n) is 1.30. The van der Waals surface area contributed by atoms with Gasteiger partial charge in [-0.05, 0) is 5.56 Å². The summed E-state index contributed by atoms with van der Waals surface area (Å²) in [5.74, 6) is 0.780. The van der Waals surface area contributed by atoms with Crippen molar-refractivity contribution in [2.45, 2.75) is 5.16 Å². The zero-order valence-electron chi connectivity index (χ0n) is 9.17. The predicted molar refractivity (Wildman–Crippen MR) is 71.1 cm³/mol. The molecule has 2 rings (SSSR count). The fraction of sp³-hybridized carbons (Fsp3) is 0.0769. The molecule has 0 aliphatic rings. The Kier molecular flexibility index (Phi) is 4.16. The van der Waals surface area contributed by atoms with Gasteiger partial charge in [-0.15, -0.1) is 0 Å². The zero-order valence-corrected chi connectivity index (χ0v) is 9.98. The Labute approximate surface area is 104 Å². The van der Waals surface area contributed by atoms with Crippen LogP contribution >= 0.6 is 11.8 Å². The number of H-pyrrole nitrogens is 1. The van der Waals surface area contributed by atoms with Crippen molar-refractivity contribution in [3.05, 3.63) is 64.6 Å². The van der Waals surface area contributed by atoms with Crippen LogP contribution in [0.15, 0.2) is 58.6 Å². The van der Waals surface area contributed by atoms with E-state index in [1.807, 2.05) is 42.5 Å². The van der Waals surface area contributed by atoms with Crippen LogP contribution in [0.25, 0.3) is 6.08 Å². The smallest absolute Gasteiger partial charge is 0.251 e. The Bertz CT molecular complexity index is 549. The first-order valence-electron chi connectivity index (χ1n) is 5.24. The van der Waals surface area contributed by atoms with Gasteiger partial charge in [-0.1, -0.05) is 54.2 Å². The van der Waals surface area contributed by atoms with Crippen LogP contribution in [0.1, 0.15) is 5.56 Å². The van der Waals surface area contributed by atoms with E-state index in [0.29, 0.717) is 5.16 Å². The highest BCUT2D eigenvalue weighted by Gasteiger charge is 1.93. The molecular formula is C13H12N2OS. The fourth-order valence-corrected chi connectivity index (χ4v) is 1.96. The molecule has 4 heteroatoms. The monoisotopic (exact) mass is 244 g/mol. The van der Waals surface area contributed by atoms with E-state index in [0.717, 1.165) is 5.75 Å². The van der Waals surface area contributed by atoms with Crippen LogP contribution in [0.3, 0.4) is 0 Å². The van der Waals surface area contributed by atoms with Crippen LogP contribution in [-0.4, -0.2) is 15.7 Å². The topological polar surface area (TPSA) is 45.8 Å². The van der Waals surface area contributed by atoms with Crippen molar-refractivity contribution in [3.8, 4) is 0 Å². The molecule has 1 N–H and O–H groups in total. The summed E-state index contributed by atoms with van der Waals surface area (Å²) in [6.45, 7) is 0. The molecule has 1 aromatic heterocycles. The number of benzene rings is 1.